The summed E-state index contributed by atoms with van der Waals surface area (Å²) in [7, 11) is 0. The molecule has 0 aromatic rings. The van der Waals surface area contributed by atoms with E-state index >= 15 is 0 Å². The fourth-order valence-corrected chi connectivity index (χ4v) is 9.08. The first kappa shape index (κ1) is 25.1. The van der Waals surface area contributed by atoms with Crippen LogP contribution in [-0.2, 0) is 9.53 Å². The Kier molecular flexibility index (Phi) is 7.52. The van der Waals surface area contributed by atoms with Crippen LogP contribution in [0.1, 0.15) is 118 Å². The van der Waals surface area contributed by atoms with E-state index in [0.717, 1.165) is 48.9 Å². The molecule has 8 atom stereocenters. The van der Waals surface area contributed by atoms with E-state index < -0.39 is 0 Å². The van der Waals surface area contributed by atoms with Crippen molar-refractivity contribution < 1.29 is 9.53 Å². The summed E-state index contributed by atoms with van der Waals surface area (Å²) in [6.07, 6.45) is 18.3. The van der Waals surface area contributed by atoms with E-state index in [1.54, 1.807) is 5.57 Å². The van der Waals surface area contributed by atoms with E-state index in [2.05, 4.69) is 47.3 Å². The zero-order valence-corrected chi connectivity index (χ0v) is 22.3. The molecule has 0 amide bonds. The molecule has 3 fully saturated rings. The second-order valence-electron chi connectivity index (χ2n) is 12.9. The highest BCUT2D eigenvalue weighted by atomic mass is 16.5. The fraction of sp³-hybridized carbons (Fsp3) is 0.839. The summed E-state index contributed by atoms with van der Waals surface area (Å²) >= 11 is 0. The second kappa shape index (κ2) is 9.90. The van der Waals surface area contributed by atoms with Gasteiger partial charge in [0.05, 0.1) is 0 Å². The number of esters is 1. The van der Waals surface area contributed by atoms with E-state index in [1.807, 2.05) is 0 Å². The number of allylic oxidation sites excluding steroid dienone is 2. The van der Waals surface area contributed by atoms with Gasteiger partial charge < -0.3 is 4.74 Å². The van der Waals surface area contributed by atoms with Crippen molar-refractivity contribution in [1.29, 1.82) is 0 Å². The average molecular weight is 455 g/mol. The molecule has 4 rings (SSSR count). The van der Waals surface area contributed by atoms with Crippen LogP contribution in [0.25, 0.3) is 0 Å². The van der Waals surface area contributed by atoms with Gasteiger partial charge in [0.15, 0.2) is 0 Å². The SMILES string of the molecule is C=C(C)CCC[C@@H](C)[C@H]1CCC2C3CC=C4C[C@@H](OC(=O)CCC)CC[C@]4(C)C3CC[C@@]21C. The van der Waals surface area contributed by atoms with Crippen molar-refractivity contribution in [2.75, 3.05) is 0 Å². The van der Waals surface area contributed by atoms with Gasteiger partial charge in [0, 0.05) is 12.8 Å². The van der Waals surface area contributed by atoms with Gasteiger partial charge in [0.2, 0.25) is 0 Å². The number of hydrogen-bond acceptors (Lipinski definition) is 2. The van der Waals surface area contributed by atoms with Gasteiger partial charge in [-0.25, -0.2) is 0 Å². The van der Waals surface area contributed by atoms with E-state index in [4.69, 9.17) is 4.74 Å². The quantitative estimate of drug-likeness (QED) is 0.271. The molecule has 0 saturated heterocycles. The number of hydrogen-bond donors (Lipinski definition) is 0. The molecule has 0 bridgehead atoms. The summed E-state index contributed by atoms with van der Waals surface area (Å²) in [5.74, 6) is 4.35. The van der Waals surface area contributed by atoms with Crippen LogP contribution in [0, 0.1) is 40.4 Å². The Balaban J connectivity index is 1.44. The fourth-order valence-electron chi connectivity index (χ4n) is 9.08. The standard InChI is InChI=1S/C31H50O2/c1-7-9-29(32)33-24-16-18-30(5)23(20-24)12-13-25-27-15-14-26(22(4)11-8-10-21(2)3)31(27,6)19-17-28(25)30/h12,22,24-28H,2,7-11,13-20H2,1,3-6H3/t22-,24+,25?,26-,27?,28?,30+,31-/m1/s1. The largest absolute Gasteiger partial charge is 0.462 e. The van der Waals surface area contributed by atoms with Crippen LogP contribution in [0.4, 0.5) is 0 Å². The molecule has 0 spiro atoms. The summed E-state index contributed by atoms with van der Waals surface area (Å²) in [4.78, 5) is 12.1. The van der Waals surface area contributed by atoms with Crippen LogP contribution in [0.5, 0.6) is 0 Å². The van der Waals surface area contributed by atoms with Crippen molar-refractivity contribution in [3.63, 3.8) is 0 Å². The van der Waals surface area contributed by atoms with Crippen molar-refractivity contribution >= 4 is 5.97 Å². The molecule has 4 aliphatic rings. The predicted molar refractivity (Wildman–Crippen MR) is 138 cm³/mol. The zero-order valence-electron chi connectivity index (χ0n) is 22.3. The Hall–Kier alpha value is -1.05. The minimum Gasteiger partial charge on any atom is -0.462 e. The first-order valence-electron chi connectivity index (χ1n) is 14.2. The van der Waals surface area contributed by atoms with Crippen LogP contribution < -0.4 is 0 Å². The molecule has 33 heavy (non-hydrogen) atoms. The van der Waals surface area contributed by atoms with Crippen LogP contribution in [0.2, 0.25) is 0 Å². The van der Waals surface area contributed by atoms with Crippen molar-refractivity contribution in [3.05, 3.63) is 23.8 Å². The molecule has 2 nitrogen and oxygen atoms in total. The molecule has 0 radical (unpaired) electrons. The second-order valence-corrected chi connectivity index (χ2v) is 12.9. The molecule has 3 unspecified atom stereocenters. The number of ether oxygens (including phenoxy) is 1. The summed E-state index contributed by atoms with van der Waals surface area (Å²) in [6.45, 7) is 16.1. The lowest BCUT2D eigenvalue weighted by Crippen LogP contribution is -2.51. The van der Waals surface area contributed by atoms with Crippen LogP contribution in [0.15, 0.2) is 23.8 Å². The van der Waals surface area contributed by atoms with Gasteiger partial charge in [-0.3, -0.25) is 4.79 Å². The van der Waals surface area contributed by atoms with E-state index in [9.17, 15) is 4.79 Å². The molecule has 4 aliphatic carbocycles. The molecule has 0 aromatic carbocycles. The number of fused-ring (bicyclic) bond motifs is 5. The third kappa shape index (κ3) is 4.74. The minimum atomic E-state index is 0.00295. The smallest absolute Gasteiger partial charge is 0.306 e. The number of carbonyl (C=O) groups excluding carboxylic acids is 1. The molecule has 0 heterocycles. The molecular formula is C31H50O2. The lowest BCUT2D eigenvalue weighted by Gasteiger charge is -2.58. The predicted octanol–water partition coefficient (Wildman–Crippen LogP) is 8.66. The van der Waals surface area contributed by atoms with Crippen LogP contribution in [-0.4, -0.2) is 12.1 Å². The molecule has 0 aliphatic heterocycles. The van der Waals surface area contributed by atoms with Crippen LogP contribution in [0.3, 0.4) is 0 Å². The van der Waals surface area contributed by atoms with Gasteiger partial charge >= 0.3 is 5.97 Å². The maximum Gasteiger partial charge on any atom is 0.306 e. The Morgan fingerprint density at radius 3 is 2.67 bits per heavy atom. The Morgan fingerprint density at radius 2 is 1.94 bits per heavy atom. The Labute approximate surface area is 204 Å². The minimum absolute atomic E-state index is 0.00295. The molecule has 0 aromatic heterocycles. The maximum atomic E-state index is 12.1. The summed E-state index contributed by atoms with van der Waals surface area (Å²) in [5.41, 5.74) is 3.84. The first-order chi connectivity index (χ1) is 15.7. The highest BCUT2D eigenvalue weighted by Crippen LogP contribution is 2.67. The highest BCUT2D eigenvalue weighted by Gasteiger charge is 2.59. The molecule has 3 saturated carbocycles. The lowest BCUT2D eigenvalue weighted by atomic mass is 9.47. The molecular weight excluding hydrogens is 404 g/mol. The number of carbonyl (C=O) groups is 1. The van der Waals surface area contributed by atoms with Crippen molar-refractivity contribution in [2.24, 2.45) is 40.4 Å². The van der Waals surface area contributed by atoms with E-state index in [0.29, 0.717) is 17.3 Å². The third-order valence-electron chi connectivity index (χ3n) is 10.8. The monoisotopic (exact) mass is 454 g/mol. The molecule has 2 heteroatoms. The van der Waals surface area contributed by atoms with Gasteiger partial charge in [-0.1, -0.05) is 51.3 Å². The van der Waals surface area contributed by atoms with Crippen molar-refractivity contribution in [3.8, 4) is 0 Å². The maximum absolute atomic E-state index is 12.1. The van der Waals surface area contributed by atoms with Crippen molar-refractivity contribution in [2.45, 2.75) is 124 Å². The molecule has 186 valence electrons. The number of rotatable bonds is 8. The van der Waals surface area contributed by atoms with Crippen LogP contribution >= 0.6 is 0 Å². The first-order valence-corrected chi connectivity index (χ1v) is 14.2. The van der Waals surface area contributed by atoms with E-state index in [-0.39, 0.29) is 12.1 Å². The van der Waals surface area contributed by atoms with Crippen molar-refractivity contribution in [1.82, 2.24) is 0 Å². The van der Waals surface area contributed by atoms with Gasteiger partial charge in [-0.2, -0.15) is 0 Å². The topological polar surface area (TPSA) is 26.3 Å². The lowest BCUT2D eigenvalue weighted by molar-refractivity contribution is -0.151. The van der Waals surface area contributed by atoms with Gasteiger partial charge in [-0.05, 0) is 112 Å². The molecule has 0 N–H and O–H groups in total. The average Bonchev–Trinajstić information content (AvgIpc) is 3.11. The highest BCUT2D eigenvalue weighted by molar-refractivity contribution is 5.69. The van der Waals surface area contributed by atoms with E-state index in [1.165, 1.54) is 63.4 Å². The summed E-state index contributed by atoms with van der Waals surface area (Å²) in [6, 6.07) is 0. The normalized spacial score (nSPS) is 40.8. The van der Waals surface area contributed by atoms with Gasteiger partial charge in [-0.15, -0.1) is 6.58 Å². The summed E-state index contributed by atoms with van der Waals surface area (Å²) in [5, 5.41) is 0. The Morgan fingerprint density at radius 1 is 1.15 bits per heavy atom. The third-order valence-corrected chi connectivity index (χ3v) is 10.8. The summed E-state index contributed by atoms with van der Waals surface area (Å²) < 4.78 is 5.85. The zero-order chi connectivity index (χ0) is 23.8. The van der Waals surface area contributed by atoms with Gasteiger partial charge in [0.25, 0.3) is 0 Å². The van der Waals surface area contributed by atoms with Gasteiger partial charge in [0.1, 0.15) is 6.10 Å². The Bertz CT molecular complexity index is 765.